The second-order valence-electron chi connectivity index (χ2n) is 5.40. The molecule has 0 radical (unpaired) electrons. The van der Waals surface area contributed by atoms with Gasteiger partial charge in [-0.3, -0.25) is 9.78 Å². The number of halogens is 5. The van der Waals surface area contributed by atoms with Gasteiger partial charge in [0.15, 0.2) is 5.69 Å². The molecule has 2 aromatic rings. The van der Waals surface area contributed by atoms with Gasteiger partial charge in [0.1, 0.15) is 17.7 Å². The van der Waals surface area contributed by atoms with Crippen LogP contribution in [0.25, 0.3) is 0 Å². The van der Waals surface area contributed by atoms with E-state index < -0.39 is 47.1 Å². The van der Waals surface area contributed by atoms with Gasteiger partial charge in [-0.05, 0) is 18.2 Å². The Balaban J connectivity index is 1.78. The number of hydrogen-bond donors (Lipinski definition) is 1. The first-order valence-corrected chi connectivity index (χ1v) is 7.17. The SMILES string of the molecule is O=C(N[C@@H]1CO[C@@H]1c1ccc(F)cc1F)c1cccnc1C(F)(F)F. The van der Waals surface area contributed by atoms with Crippen LogP contribution in [-0.2, 0) is 10.9 Å². The van der Waals surface area contributed by atoms with Gasteiger partial charge < -0.3 is 10.1 Å². The smallest absolute Gasteiger partial charge is 0.369 e. The maximum absolute atomic E-state index is 13.8. The molecule has 3 rings (SSSR count). The number of amides is 1. The van der Waals surface area contributed by atoms with E-state index in [9.17, 15) is 26.7 Å². The fourth-order valence-electron chi connectivity index (χ4n) is 2.51. The summed E-state index contributed by atoms with van der Waals surface area (Å²) in [4.78, 5) is 15.4. The van der Waals surface area contributed by atoms with Crippen LogP contribution in [-0.4, -0.2) is 23.5 Å². The van der Waals surface area contributed by atoms with Gasteiger partial charge in [0.25, 0.3) is 5.91 Å². The van der Waals surface area contributed by atoms with Crippen LogP contribution in [0.2, 0.25) is 0 Å². The summed E-state index contributed by atoms with van der Waals surface area (Å²) in [6.07, 6.45) is -4.76. The van der Waals surface area contributed by atoms with E-state index in [-0.39, 0.29) is 12.2 Å². The van der Waals surface area contributed by atoms with Crippen molar-refractivity contribution in [1.82, 2.24) is 10.3 Å². The molecule has 1 fully saturated rings. The molecule has 1 aromatic carbocycles. The molecule has 2 atom stereocenters. The Kier molecular flexibility index (Phi) is 4.42. The van der Waals surface area contributed by atoms with Gasteiger partial charge in [-0.2, -0.15) is 13.2 Å². The number of nitrogens with one attached hydrogen (secondary N) is 1. The van der Waals surface area contributed by atoms with Crippen LogP contribution < -0.4 is 5.32 Å². The second kappa shape index (κ2) is 6.40. The predicted octanol–water partition coefficient (Wildman–Crippen LogP) is 3.25. The Hall–Kier alpha value is -2.55. The molecule has 1 N–H and O–H groups in total. The first-order chi connectivity index (χ1) is 11.8. The lowest BCUT2D eigenvalue weighted by atomic mass is 9.97. The molecular weight excluding hydrogens is 347 g/mol. The summed E-state index contributed by atoms with van der Waals surface area (Å²) in [6, 6.07) is 4.32. The fourth-order valence-corrected chi connectivity index (χ4v) is 2.51. The van der Waals surface area contributed by atoms with E-state index >= 15 is 0 Å². The van der Waals surface area contributed by atoms with Gasteiger partial charge in [0, 0.05) is 17.8 Å². The number of aromatic nitrogens is 1. The molecule has 1 aromatic heterocycles. The van der Waals surface area contributed by atoms with Crippen molar-refractivity contribution in [3.8, 4) is 0 Å². The summed E-state index contributed by atoms with van der Waals surface area (Å²) < 4.78 is 70.7. The zero-order valence-corrected chi connectivity index (χ0v) is 12.5. The number of benzene rings is 1. The van der Waals surface area contributed by atoms with Gasteiger partial charge in [-0.1, -0.05) is 6.07 Å². The third-order valence-corrected chi connectivity index (χ3v) is 3.73. The number of rotatable bonds is 3. The monoisotopic (exact) mass is 358 g/mol. The number of pyridine rings is 1. The van der Waals surface area contributed by atoms with E-state index in [1.807, 2.05) is 0 Å². The summed E-state index contributed by atoms with van der Waals surface area (Å²) >= 11 is 0. The first kappa shape index (κ1) is 17.3. The number of ether oxygens (including phenoxy) is 1. The molecule has 0 unspecified atom stereocenters. The minimum absolute atomic E-state index is 0.00512. The summed E-state index contributed by atoms with van der Waals surface area (Å²) in [5.74, 6) is -2.63. The zero-order valence-electron chi connectivity index (χ0n) is 12.5. The van der Waals surface area contributed by atoms with Crippen molar-refractivity contribution in [2.24, 2.45) is 0 Å². The molecule has 0 spiro atoms. The average Bonchev–Trinajstić information content (AvgIpc) is 2.53. The van der Waals surface area contributed by atoms with Crippen LogP contribution in [0.1, 0.15) is 27.7 Å². The molecule has 0 bridgehead atoms. The minimum atomic E-state index is -4.79. The molecule has 0 saturated carbocycles. The van der Waals surface area contributed by atoms with Gasteiger partial charge >= 0.3 is 6.18 Å². The lowest BCUT2D eigenvalue weighted by Gasteiger charge is -2.37. The van der Waals surface area contributed by atoms with E-state index in [2.05, 4.69) is 10.3 Å². The van der Waals surface area contributed by atoms with Crippen molar-refractivity contribution in [1.29, 1.82) is 0 Å². The van der Waals surface area contributed by atoms with Crippen molar-refractivity contribution >= 4 is 5.91 Å². The molecule has 0 aliphatic carbocycles. The lowest BCUT2D eigenvalue weighted by Crippen LogP contribution is -2.51. The van der Waals surface area contributed by atoms with E-state index in [4.69, 9.17) is 4.74 Å². The van der Waals surface area contributed by atoms with Crippen LogP contribution in [0.3, 0.4) is 0 Å². The van der Waals surface area contributed by atoms with Gasteiger partial charge in [-0.15, -0.1) is 0 Å². The predicted molar refractivity (Wildman–Crippen MR) is 75.5 cm³/mol. The lowest BCUT2D eigenvalue weighted by molar-refractivity contribution is -0.141. The fraction of sp³-hybridized carbons (Fsp3) is 0.250. The zero-order chi connectivity index (χ0) is 18.2. The highest BCUT2D eigenvalue weighted by Gasteiger charge is 2.40. The van der Waals surface area contributed by atoms with Crippen molar-refractivity contribution in [2.45, 2.75) is 18.3 Å². The van der Waals surface area contributed by atoms with Crippen LogP contribution in [0.15, 0.2) is 36.5 Å². The minimum Gasteiger partial charge on any atom is -0.369 e. The highest BCUT2D eigenvalue weighted by Crippen LogP contribution is 2.33. The Morgan fingerprint density at radius 3 is 2.60 bits per heavy atom. The van der Waals surface area contributed by atoms with Crippen molar-refractivity contribution in [3.05, 3.63) is 65.0 Å². The van der Waals surface area contributed by atoms with E-state index in [0.29, 0.717) is 6.07 Å². The maximum atomic E-state index is 13.8. The summed E-state index contributed by atoms with van der Waals surface area (Å²) in [5.41, 5.74) is -1.93. The maximum Gasteiger partial charge on any atom is 0.434 e. The second-order valence-corrected chi connectivity index (χ2v) is 5.40. The quantitative estimate of drug-likeness (QED) is 0.857. The standard InChI is InChI=1S/C16H11F5N2O2/c17-8-3-4-9(11(18)6-8)13-12(7-25-13)23-15(24)10-2-1-5-22-14(10)16(19,20)21/h1-6,12-13H,7H2,(H,23,24)/t12-,13-/m1/s1. The van der Waals surface area contributed by atoms with Gasteiger partial charge in [0.2, 0.25) is 0 Å². The Labute approximate surface area is 138 Å². The summed E-state index contributed by atoms with van der Waals surface area (Å²) in [7, 11) is 0. The molecule has 1 aliphatic heterocycles. The molecule has 1 amide bonds. The molecule has 2 heterocycles. The summed E-state index contributed by atoms with van der Waals surface area (Å²) in [6.45, 7) is -0.00512. The van der Waals surface area contributed by atoms with Gasteiger partial charge in [-0.25, -0.2) is 8.78 Å². The van der Waals surface area contributed by atoms with E-state index in [0.717, 1.165) is 18.3 Å². The molecule has 25 heavy (non-hydrogen) atoms. The number of hydrogen-bond acceptors (Lipinski definition) is 3. The number of carbonyl (C=O) groups excluding carboxylic acids is 1. The molecule has 4 nitrogen and oxygen atoms in total. The Bertz CT molecular complexity index is 809. The Morgan fingerprint density at radius 2 is 2.00 bits per heavy atom. The molecular formula is C16H11F5N2O2. The van der Waals surface area contributed by atoms with Crippen LogP contribution in [0, 0.1) is 11.6 Å². The van der Waals surface area contributed by atoms with Gasteiger partial charge in [0.05, 0.1) is 18.2 Å². The average molecular weight is 358 g/mol. The third kappa shape index (κ3) is 3.46. The highest BCUT2D eigenvalue weighted by atomic mass is 19.4. The third-order valence-electron chi connectivity index (χ3n) is 3.73. The van der Waals surface area contributed by atoms with Crippen LogP contribution in [0.4, 0.5) is 22.0 Å². The van der Waals surface area contributed by atoms with Crippen molar-refractivity contribution in [3.63, 3.8) is 0 Å². The van der Waals surface area contributed by atoms with Crippen molar-refractivity contribution in [2.75, 3.05) is 6.61 Å². The molecule has 1 aliphatic rings. The summed E-state index contributed by atoms with van der Waals surface area (Å²) in [5, 5.41) is 2.37. The number of alkyl halides is 3. The molecule has 9 heteroatoms. The first-order valence-electron chi connectivity index (χ1n) is 7.17. The number of carbonyl (C=O) groups is 1. The topological polar surface area (TPSA) is 51.2 Å². The van der Waals surface area contributed by atoms with Crippen LogP contribution in [0.5, 0.6) is 0 Å². The van der Waals surface area contributed by atoms with Crippen LogP contribution >= 0.6 is 0 Å². The number of nitrogens with zero attached hydrogens (tertiary/aromatic N) is 1. The molecule has 1 saturated heterocycles. The molecule has 132 valence electrons. The Morgan fingerprint density at radius 1 is 1.24 bits per heavy atom. The highest BCUT2D eigenvalue weighted by molar-refractivity contribution is 5.95. The largest absolute Gasteiger partial charge is 0.434 e. The van der Waals surface area contributed by atoms with Crippen molar-refractivity contribution < 1.29 is 31.5 Å². The van der Waals surface area contributed by atoms with E-state index in [1.54, 1.807) is 0 Å². The normalized spacial score (nSPS) is 20.0. The van der Waals surface area contributed by atoms with E-state index in [1.165, 1.54) is 12.1 Å².